The monoisotopic (exact) mass is 1090 g/mol. The highest BCUT2D eigenvalue weighted by Gasteiger charge is 2.57. The minimum atomic E-state index is -1.44. The number of hydrogen-bond acceptors (Lipinski definition) is 14. The predicted octanol–water partition coefficient (Wildman–Crippen LogP) is 7.68. The van der Waals surface area contributed by atoms with Crippen LogP contribution in [0.2, 0.25) is 0 Å². The number of primary amides is 1. The number of thiazole rings is 1. The summed E-state index contributed by atoms with van der Waals surface area (Å²) in [6, 6.07) is 19.8. The lowest BCUT2D eigenvalue weighted by atomic mass is 9.85. The van der Waals surface area contributed by atoms with Gasteiger partial charge in [-0.05, 0) is 84.8 Å². The number of hydrogen-bond donors (Lipinski definition) is 4. The lowest BCUT2D eigenvalue weighted by Gasteiger charge is -2.35. The third-order valence-corrected chi connectivity index (χ3v) is 14.5. The van der Waals surface area contributed by atoms with Crippen LogP contribution in [0.25, 0.3) is 21.3 Å². The quantitative estimate of drug-likeness (QED) is 0.0337. The summed E-state index contributed by atoms with van der Waals surface area (Å²) in [6.45, 7) is 8.75. The number of nitrogens with two attached hydrogens (primary N) is 1. The number of amides is 5. The summed E-state index contributed by atoms with van der Waals surface area (Å²) in [6.07, 6.45) is 1.65. The second-order valence-corrected chi connectivity index (χ2v) is 21.1. The van der Waals surface area contributed by atoms with Crippen LogP contribution >= 0.6 is 11.3 Å². The number of pyridine rings is 1. The summed E-state index contributed by atoms with van der Waals surface area (Å²) >= 11 is 1.56. The molecule has 0 unspecified atom stereocenters. The van der Waals surface area contributed by atoms with Gasteiger partial charge >= 0.3 is 0 Å². The Morgan fingerprint density at radius 2 is 1.59 bits per heavy atom. The van der Waals surface area contributed by atoms with Gasteiger partial charge in [-0.3, -0.25) is 33.9 Å². The molecule has 5 amide bonds. The smallest absolute Gasteiger partial charge is 0.247 e. The molecule has 2 aromatic heterocycles. The third kappa shape index (κ3) is 13.4. The van der Waals surface area contributed by atoms with Gasteiger partial charge in [-0.2, -0.15) is 0 Å². The topological polar surface area (TPSA) is 234 Å². The van der Waals surface area contributed by atoms with Gasteiger partial charge in [-0.25, -0.2) is 13.8 Å². The van der Waals surface area contributed by atoms with E-state index in [1.165, 1.54) is 42.5 Å². The molecule has 3 atom stereocenters. The van der Waals surface area contributed by atoms with E-state index in [1.54, 1.807) is 35.0 Å². The summed E-state index contributed by atoms with van der Waals surface area (Å²) in [5, 5.41) is 16.8. The summed E-state index contributed by atoms with van der Waals surface area (Å²) in [5.41, 5.74) is 8.88. The Bertz CT molecular complexity index is 3130. The average molecular weight is 1090 g/mol. The minimum absolute atomic E-state index is 0.0228. The lowest BCUT2D eigenvalue weighted by molar-refractivity contribution is -0.144. The Hall–Kier alpha value is -7.59. The fraction of sp³-hybridized carbons (Fsp3) is 0.386. The van der Waals surface area contributed by atoms with E-state index in [9.17, 15) is 33.5 Å². The van der Waals surface area contributed by atoms with Crippen molar-refractivity contribution in [1.82, 2.24) is 25.5 Å². The summed E-state index contributed by atoms with van der Waals surface area (Å²) < 4.78 is 58.8. The van der Waals surface area contributed by atoms with Crippen molar-refractivity contribution >= 4 is 63.2 Å². The van der Waals surface area contributed by atoms with E-state index in [0.29, 0.717) is 35.4 Å². The van der Waals surface area contributed by atoms with Gasteiger partial charge in [-0.1, -0.05) is 45.0 Å². The van der Waals surface area contributed by atoms with Crippen molar-refractivity contribution in [3.8, 4) is 33.4 Å². The van der Waals surface area contributed by atoms with Crippen molar-refractivity contribution in [3.05, 3.63) is 120 Å². The predicted molar refractivity (Wildman–Crippen MR) is 287 cm³/mol. The van der Waals surface area contributed by atoms with E-state index in [4.69, 9.17) is 29.4 Å². The van der Waals surface area contributed by atoms with Gasteiger partial charge in [-0.15, -0.1) is 11.3 Å². The van der Waals surface area contributed by atoms with E-state index in [2.05, 4.69) is 20.6 Å². The number of nitrogens with zero attached hydrogens (tertiary/aromatic N) is 4. The Labute approximate surface area is 454 Å². The van der Waals surface area contributed by atoms with Crippen LogP contribution in [0.1, 0.15) is 64.1 Å². The number of β-amino-alcohol motifs (C(OH)–C–C–N with tert-alkyl or cyclic N) is 1. The van der Waals surface area contributed by atoms with Gasteiger partial charge in [0.15, 0.2) is 23.1 Å². The highest BCUT2D eigenvalue weighted by atomic mass is 32.1. The Morgan fingerprint density at radius 3 is 2.24 bits per heavy atom. The van der Waals surface area contributed by atoms with Crippen LogP contribution in [-0.4, -0.2) is 114 Å². The number of fused-ring (bicyclic) bond motifs is 1. The van der Waals surface area contributed by atoms with E-state index in [1.807, 2.05) is 52.0 Å². The normalized spacial score (nSPS) is 16.1. The number of methoxy groups -OCH3 is 1. The van der Waals surface area contributed by atoms with Crippen molar-refractivity contribution in [3.63, 3.8) is 0 Å². The van der Waals surface area contributed by atoms with Gasteiger partial charge in [0, 0.05) is 68.4 Å². The van der Waals surface area contributed by atoms with Crippen LogP contribution in [0.15, 0.2) is 96.6 Å². The number of aromatic nitrogens is 2. The molecule has 21 heteroatoms. The molecule has 0 radical (unpaired) electrons. The SMILES string of the molecule is COc1cc2c(Oc3ccc(N(C(=O)C4(C(N)=O)CC4)c4ccc(F)cc4)cc3F)ccnc2cc1OCCCOCCOCCC(=O)N[C@H](C(=O)N1C[C@H](O)C[C@H]1C(=O)NCc1ccc(-c2scnc2C)cc1)C(C)(C)C. The van der Waals surface area contributed by atoms with E-state index in [-0.39, 0.29) is 94.0 Å². The fourth-order valence-electron chi connectivity index (χ4n) is 9.04. The van der Waals surface area contributed by atoms with Crippen LogP contribution in [0, 0.1) is 29.4 Å². The number of benzene rings is 4. The summed E-state index contributed by atoms with van der Waals surface area (Å²) in [7, 11) is 1.48. The number of likely N-dealkylation sites (tertiary alicyclic amines) is 1. The Morgan fingerprint density at radius 1 is 0.872 bits per heavy atom. The van der Waals surface area contributed by atoms with Gasteiger partial charge in [0.2, 0.25) is 29.5 Å². The minimum Gasteiger partial charge on any atom is -0.493 e. The zero-order valence-electron chi connectivity index (χ0n) is 44.0. The first-order chi connectivity index (χ1) is 37.4. The first kappa shape index (κ1) is 56.6. The average Bonchev–Trinajstić information content (AvgIpc) is 4.00. The number of ether oxygens (including phenoxy) is 5. The van der Waals surface area contributed by atoms with E-state index in [0.717, 1.165) is 44.8 Å². The first-order valence-electron chi connectivity index (χ1n) is 25.5. The number of nitrogens with one attached hydrogen (secondary N) is 2. The molecule has 1 saturated heterocycles. The van der Waals surface area contributed by atoms with E-state index >= 15 is 4.39 Å². The number of halogens is 2. The van der Waals surface area contributed by atoms with Crippen molar-refractivity contribution < 1.29 is 61.5 Å². The molecular formula is C57H63F2N7O11S. The van der Waals surface area contributed by atoms with Crippen molar-refractivity contribution in [2.75, 3.05) is 51.6 Å². The van der Waals surface area contributed by atoms with Crippen molar-refractivity contribution in [2.24, 2.45) is 16.6 Å². The molecule has 1 aliphatic heterocycles. The second kappa shape index (κ2) is 24.8. The molecule has 5 N–H and O–H groups in total. The number of aliphatic hydroxyl groups is 1. The zero-order valence-corrected chi connectivity index (χ0v) is 44.8. The molecule has 1 aliphatic carbocycles. The van der Waals surface area contributed by atoms with Gasteiger partial charge in [0.05, 0.1) is 66.9 Å². The highest BCUT2D eigenvalue weighted by Crippen LogP contribution is 2.49. The maximum atomic E-state index is 15.9. The number of aryl methyl sites for hydroxylation is 1. The van der Waals surface area contributed by atoms with E-state index < -0.39 is 64.3 Å². The molecule has 78 heavy (non-hydrogen) atoms. The molecule has 1 saturated carbocycles. The lowest BCUT2D eigenvalue weighted by Crippen LogP contribution is -2.57. The molecule has 0 bridgehead atoms. The van der Waals surface area contributed by atoms with Crippen molar-refractivity contribution in [1.29, 1.82) is 0 Å². The molecule has 2 fully saturated rings. The van der Waals surface area contributed by atoms with Gasteiger partial charge in [0.25, 0.3) is 0 Å². The molecule has 0 spiro atoms. The number of carbonyl (C=O) groups is 5. The Balaban J connectivity index is 0.763. The molecule has 6 aromatic rings. The molecule has 18 nitrogen and oxygen atoms in total. The maximum Gasteiger partial charge on any atom is 0.247 e. The molecular weight excluding hydrogens is 1030 g/mol. The molecule has 2 aliphatic rings. The van der Waals surface area contributed by atoms with Crippen molar-refractivity contribution in [2.45, 2.75) is 84.5 Å². The first-order valence-corrected chi connectivity index (χ1v) is 26.4. The highest BCUT2D eigenvalue weighted by molar-refractivity contribution is 7.13. The summed E-state index contributed by atoms with van der Waals surface area (Å²) in [5.74, 6) is -3.19. The third-order valence-electron chi connectivity index (χ3n) is 13.5. The largest absolute Gasteiger partial charge is 0.493 e. The number of aliphatic hydroxyl groups excluding tert-OH is 1. The second-order valence-electron chi connectivity index (χ2n) is 20.2. The fourth-order valence-corrected chi connectivity index (χ4v) is 9.85. The number of carbonyl (C=O) groups excluding carboxylic acids is 5. The standard InChI is InChI=1S/C57H63F2N7O11S/c1-34-50(78-33-63-34)36-9-7-35(8-10-36)31-62-52(69)44-28-40(67)32-65(44)53(70)51(56(2,3)4)64-49(68)18-24-75-26-25-74-22-6-23-76-48-30-43-41(29-47(48)73-5)45(17-21-61-43)77-46-16-15-39(27-42(46)59)66(38-13-11-37(58)12-14-38)55(72)57(19-20-57)54(60)71/h7-17,21,27,29-30,33,40,44,51,67H,6,18-20,22-26,28,31-32H2,1-5H3,(H2,60,71)(H,62,69)(H,64,68)/t40-,44+,51-/m1/s1. The molecule has 8 rings (SSSR count). The maximum absolute atomic E-state index is 15.9. The van der Waals surface area contributed by atoms with Crippen LogP contribution in [0.5, 0.6) is 23.0 Å². The van der Waals surface area contributed by atoms with Gasteiger partial charge < -0.3 is 50.1 Å². The number of anilines is 2. The van der Waals surface area contributed by atoms with Crippen LogP contribution < -0.4 is 35.5 Å². The Kier molecular flexibility index (Phi) is 18.0. The van der Waals surface area contributed by atoms with Crippen LogP contribution in [0.4, 0.5) is 20.2 Å². The van der Waals surface area contributed by atoms with Crippen LogP contribution in [-0.2, 0) is 40.0 Å². The molecule has 4 aromatic carbocycles. The zero-order chi connectivity index (χ0) is 55.7. The summed E-state index contributed by atoms with van der Waals surface area (Å²) in [4.78, 5) is 79.0. The molecule has 412 valence electrons. The van der Waals surface area contributed by atoms with Crippen LogP contribution in [0.3, 0.4) is 0 Å². The molecule has 3 heterocycles. The number of rotatable bonds is 24. The van der Waals surface area contributed by atoms with Gasteiger partial charge in [0.1, 0.15) is 29.1 Å².